The number of carbonyl (C=O) groups excluding carboxylic acids is 1. The van der Waals surface area contributed by atoms with Gasteiger partial charge in [-0.05, 0) is 20.3 Å². The highest BCUT2D eigenvalue weighted by Gasteiger charge is 2.58. The maximum atomic E-state index is 12.0. The molecule has 6 nitrogen and oxygen atoms in total. The Kier molecular flexibility index (Phi) is 3.86. The molecular formula is C14H23N3O3. The Morgan fingerprint density at radius 1 is 1.50 bits per heavy atom. The van der Waals surface area contributed by atoms with Gasteiger partial charge in [-0.1, -0.05) is 19.0 Å². The summed E-state index contributed by atoms with van der Waals surface area (Å²) in [7, 11) is 1.72. The molecule has 20 heavy (non-hydrogen) atoms. The van der Waals surface area contributed by atoms with Crippen LogP contribution in [-0.2, 0) is 16.0 Å². The van der Waals surface area contributed by atoms with Gasteiger partial charge >= 0.3 is 0 Å². The van der Waals surface area contributed by atoms with Gasteiger partial charge in [0, 0.05) is 31.4 Å². The summed E-state index contributed by atoms with van der Waals surface area (Å²) in [6.45, 7) is 8.07. The number of hydrogen-bond acceptors (Lipinski definition) is 5. The molecule has 1 fully saturated rings. The lowest BCUT2D eigenvalue weighted by molar-refractivity contribution is -0.182. The van der Waals surface area contributed by atoms with E-state index < -0.39 is 0 Å². The van der Waals surface area contributed by atoms with Gasteiger partial charge in [-0.2, -0.15) is 4.98 Å². The number of rotatable bonds is 5. The minimum atomic E-state index is -0.172. The predicted molar refractivity (Wildman–Crippen MR) is 73.1 cm³/mol. The van der Waals surface area contributed by atoms with Gasteiger partial charge in [-0.3, -0.25) is 4.79 Å². The van der Waals surface area contributed by atoms with Crippen molar-refractivity contribution in [1.29, 1.82) is 0 Å². The fraction of sp³-hybridized carbons (Fsp3) is 0.786. The van der Waals surface area contributed by atoms with Gasteiger partial charge in [0.1, 0.15) is 0 Å². The van der Waals surface area contributed by atoms with Gasteiger partial charge in [-0.25, -0.2) is 0 Å². The molecule has 0 aromatic carbocycles. The van der Waals surface area contributed by atoms with Crippen molar-refractivity contribution in [2.24, 2.45) is 5.41 Å². The molecule has 0 bridgehead atoms. The van der Waals surface area contributed by atoms with E-state index in [2.05, 4.69) is 36.2 Å². The molecule has 0 saturated heterocycles. The number of carbonyl (C=O) groups is 1. The van der Waals surface area contributed by atoms with E-state index in [9.17, 15) is 4.79 Å². The number of nitrogens with one attached hydrogen (secondary N) is 1. The normalized spacial score (nSPS) is 27.9. The van der Waals surface area contributed by atoms with Crippen molar-refractivity contribution >= 4 is 5.91 Å². The van der Waals surface area contributed by atoms with Gasteiger partial charge in [0.15, 0.2) is 5.82 Å². The molecule has 1 amide bonds. The highest BCUT2D eigenvalue weighted by Crippen LogP contribution is 2.51. The summed E-state index contributed by atoms with van der Waals surface area (Å²) in [5, 5.41) is 6.77. The monoisotopic (exact) mass is 281 g/mol. The molecule has 2 rings (SSSR count). The first kappa shape index (κ1) is 15.0. The van der Waals surface area contributed by atoms with Crippen molar-refractivity contribution in [1.82, 2.24) is 15.5 Å². The van der Waals surface area contributed by atoms with Crippen molar-refractivity contribution in [3.05, 3.63) is 11.7 Å². The van der Waals surface area contributed by atoms with E-state index in [4.69, 9.17) is 9.26 Å². The predicted octanol–water partition coefficient (Wildman–Crippen LogP) is 1.63. The van der Waals surface area contributed by atoms with Crippen LogP contribution in [0.4, 0.5) is 0 Å². The van der Waals surface area contributed by atoms with Gasteiger partial charge in [0.05, 0.1) is 5.60 Å². The minimum Gasteiger partial charge on any atom is -0.378 e. The Morgan fingerprint density at radius 3 is 2.70 bits per heavy atom. The quantitative estimate of drug-likeness (QED) is 0.887. The van der Waals surface area contributed by atoms with Crippen LogP contribution in [-0.4, -0.2) is 34.8 Å². The maximum absolute atomic E-state index is 12.0. The summed E-state index contributed by atoms with van der Waals surface area (Å²) in [4.78, 5) is 16.1. The van der Waals surface area contributed by atoms with Crippen molar-refractivity contribution in [2.45, 2.75) is 58.6 Å². The summed E-state index contributed by atoms with van der Waals surface area (Å²) >= 11 is 0. The summed E-state index contributed by atoms with van der Waals surface area (Å²) < 4.78 is 10.5. The first-order valence-electron chi connectivity index (χ1n) is 6.92. The summed E-state index contributed by atoms with van der Waals surface area (Å²) in [5.41, 5.74) is -0.243. The summed E-state index contributed by atoms with van der Waals surface area (Å²) in [5.74, 6) is 1.11. The van der Waals surface area contributed by atoms with Crippen molar-refractivity contribution in [2.75, 3.05) is 7.11 Å². The number of amides is 1. The molecule has 1 aliphatic carbocycles. The third kappa shape index (κ3) is 2.57. The van der Waals surface area contributed by atoms with Crippen LogP contribution in [0.2, 0.25) is 0 Å². The van der Waals surface area contributed by atoms with Crippen LogP contribution in [0.5, 0.6) is 0 Å². The van der Waals surface area contributed by atoms with Crippen LogP contribution >= 0.6 is 0 Å². The first-order valence-corrected chi connectivity index (χ1v) is 6.92. The van der Waals surface area contributed by atoms with Crippen LogP contribution in [0, 0.1) is 12.3 Å². The number of nitrogens with zero attached hydrogens (tertiary/aromatic N) is 2. The second-order valence-electron chi connectivity index (χ2n) is 6.22. The molecule has 0 spiro atoms. The smallest absolute Gasteiger partial charge is 0.227 e. The van der Waals surface area contributed by atoms with E-state index in [0.29, 0.717) is 24.6 Å². The van der Waals surface area contributed by atoms with Crippen LogP contribution < -0.4 is 5.32 Å². The van der Waals surface area contributed by atoms with Gasteiger partial charge in [0.25, 0.3) is 0 Å². The second-order valence-corrected chi connectivity index (χ2v) is 6.22. The number of methoxy groups -OCH3 is 1. The Hall–Kier alpha value is -1.43. The van der Waals surface area contributed by atoms with Crippen LogP contribution in [0.15, 0.2) is 4.52 Å². The fourth-order valence-electron chi connectivity index (χ4n) is 2.65. The van der Waals surface area contributed by atoms with Gasteiger partial charge in [0.2, 0.25) is 11.8 Å². The molecule has 2 atom stereocenters. The summed E-state index contributed by atoms with van der Waals surface area (Å²) in [6, 6.07) is 0.143. The molecule has 1 N–H and O–H groups in total. The minimum absolute atomic E-state index is 0.0112. The Balaban J connectivity index is 1.81. The molecule has 1 aliphatic rings. The lowest BCUT2D eigenvalue weighted by atomic mass is 9.56. The van der Waals surface area contributed by atoms with Crippen LogP contribution in [0.3, 0.4) is 0 Å². The molecular weight excluding hydrogens is 258 g/mol. The molecule has 112 valence electrons. The lowest BCUT2D eigenvalue weighted by Gasteiger charge is -2.59. The highest BCUT2D eigenvalue weighted by atomic mass is 16.5. The largest absolute Gasteiger partial charge is 0.378 e. The second kappa shape index (κ2) is 5.16. The molecule has 1 aromatic rings. The first-order chi connectivity index (χ1) is 9.28. The molecule has 0 radical (unpaired) electrons. The number of aromatic nitrogens is 2. The van der Waals surface area contributed by atoms with Crippen molar-refractivity contribution < 1.29 is 14.1 Å². The van der Waals surface area contributed by atoms with Crippen molar-refractivity contribution in [3.8, 4) is 0 Å². The van der Waals surface area contributed by atoms with Gasteiger partial charge in [-0.15, -0.1) is 0 Å². The third-order valence-electron chi connectivity index (χ3n) is 4.75. The van der Waals surface area contributed by atoms with E-state index in [1.54, 1.807) is 14.0 Å². The fourth-order valence-corrected chi connectivity index (χ4v) is 2.65. The topological polar surface area (TPSA) is 77.2 Å². The van der Waals surface area contributed by atoms with E-state index >= 15 is 0 Å². The molecule has 0 aliphatic heterocycles. The highest BCUT2D eigenvalue weighted by molar-refractivity contribution is 5.76. The SMILES string of the molecule is CO[C@]1(C)C[C@H](NC(=O)CCc2nc(C)no2)C1(C)C. The lowest BCUT2D eigenvalue weighted by Crippen LogP contribution is -2.68. The third-order valence-corrected chi connectivity index (χ3v) is 4.75. The van der Waals surface area contributed by atoms with Crippen LogP contribution in [0.25, 0.3) is 0 Å². The molecule has 1 saturated carbocycles. The number of hydrogen-bond donors (Lipinski definition) is 1. The molecule has 0 unspecified atom stereocenters. The number of ether oxygens (including phenoxy) is 1. The zero-order valence-corrected chi connectivity index (χ0v) is 12.8. The van der Waals surface area contributed by atoms with E-state index in [0.717, 1.165) is 6.42 Å². The average Bonchev–Trinajstić information content (AvgIpc) is 2.81. The van der Waals surface area contributed by atoms with E-state index in [1.807, 2.05) is 0 Å². The molecule has 1 aromatic heterocycles. The average molecular weight is 281 g/mol. The maximum Gasteiger partial charge on any atom is 0.227 e. The zero-order valence-electron chi connectivity index (χ0n) is 12.8. The Bertz CT molecular complexity index is 498. The Morgan fingerprint density at radius 2 is 2.20 bits per heavy atom. The number of aryl methyl sites for hydroxylation is 2. The summed E-state index contributed by atoms with van der Waals surface area (Å²) in [6.07, 6.45) is 1.67. The molecule has 1 heterocycles. The van der Waals surface area contributed by atoms with Crippen LogP contribution in [0.1, 0.15) is 45.3 Å². The van der Waals surface area contributed by atoms with E-state index in [-0.39, 0.29) is 23.0 Å². The van der Waals surface area contributed by atoms with Crippen molar-refractivity contribution in [3.63, 3.8) is 0 Å². The Labute approximate surface area is 119 Å². The van der Waals surface area contributed by atoms with E-state index in [1.165, 1.54) is 0 Å². The zero-order chi connectivity index (χ0) is 15.0. The standard InChI is InChI=1S/C14H23N3O3/c1-9-15-12(20-17-9)7-6-11(18)16-10-8-14(4,19-5)13(10,2)3/h10H,6-8H2,1-5H3,(H,16,18)/t10-,14+/m0/s1. The van der Waals surface area contributed by atoms with Gasteiger partial charge < -0.3 is 14.6 Å². The molecule has 6 heteroatoms.